The largest absolute Gasteiger partial charge is 0.0628 e. The molecule has 0 bridgehead atoms. The van der Waals surface area contributed by atoms with Crippen LogP contribution < -0.4 is 0 Å². The van der Waals surface area contributed by atoms with Gasteiger partial charge in [0, 0.05) is 0 Å². The van der Waals surface area contributed by atoms with Gasteiger partial charge in [-0.25, -0.2) is 0 Å². The molecule has 0 aliphatic heterocycles. The predicted octanol–water partition coefficient (Wildman–Crippen LogP) is 5.38. The highest BCUT2D eigenvalue weighted by molar-refractivity contribution is 4.99. The summed E-state index contributed by atoms with van der Waals surface area (Å²) in [6.45, 7) is 9.59. The molecule has 3 saturated carbocycles. The monoisotopic (exact) mass is 248 g/mol. The normalized spacial score (nSPS) is 45.7. The highest BCUT2D eigenvalue weighted by Gasteiger charge is 2.49. The van der Waals surface area contributed by atoms with E-state index in [2.05, 4.69) is 27.7 Å². The van der Waals surface area contributed by atoms with Crippen LogP contribution in [0.1, 0.15) is 66.2 Å². The van der Waals surface area contributed by atoms with E-state index < -0.39 is 0 Å². The van der Waals surface area contributed by atoms with Gasteiger partial charge in [0.05, 0.1) is 0 Å². The van der Waals surface area contributed by atoms with Crippen molar-refractivity contribution in [2.24, 2.45) is 47.3 Å². The second kappa shape index (κ2) is 4.84. The summed E-state index contributed by atoms with van der Waals surface area (Å²) in [5, 5.41) is 0. The zero-order valence-corrected chi connectivity index (χ0v) is 12.9. The zero-order valence-electron chi connectivity index (χ0n) is 12.9. The third-order valence-electron chi connectivity index (χ3n) is 5.96. The molecule has 0 aromatic heterocycles. The van der Waals surface area contributed by atoms with Crippen molar-refractivity contribution < 1.29 is 0 Å². The predicted molar refractivity (Wildman–Crippen MR) is 78.3 cm³/mol. The number of hydrogen-bond donors (Lipinski definition) is 0. The molecular formula is C18H32. The van der Waals surface area contributed by atoms with E-state index in [1.165, 1.54) is 6.42 Å². The molecule has 0 aromatic rings. The molecule has 18 heavy (non-hydrogen) atoms. The molecule has 0 spiro atoms. The Hall–Kier alpha value is 0. The van der Waals surface area contributed by atoms with E-state index in [0.29, 0.717) is 0 Å². The summed E-state index contributed by atoms with van der Waals surface area (Å²) in [6.07, 6.45) is 9.41. The Kier molecular flexibility index (Phi) is 3.49. The van der Waals surface area contributed by atoms with Crippen LogP contribution in [-0.4, -0.2) is 0 Å². The third-order valence-corrected chi connectivity index (χ3v) is 5.96. The third kappa shape index (κ3) is 3.11. The minimum atomic E-state index is 0.924. The van der Waals surface area contributed by atoms with Gasteiger partial charge in [0.1, 0.15) is 0 Å². The van der Waals surface area contributed by atoms with Crippen molar-refractivity contribution in [3.63, 3.8) is 0 Å². The molecule has 0 amide bonds. The van der Waals surface area contributed by atoms with E-state index in [-0.39, 0.29) is 0 Å². The van der Waals surface area contributed by atoms with Gasteiger partial charge in [-0.15, -0.1) is 0 Å². The summed E-state index contributed by atoms with van der Waals surface area (Å²) in [4.78, 5) is 0. The van der Waals surface area contributed by atoms with Gasteiger partial charge in [-0.3, -0.25) is 0 Å². The smallest absolute Gasteiger partial charge is 0.0360 e. The molecule has 104 valence electrons. The quantitative estimate of drug-likeness (QED) is 0.567. The first kappa shape index (κ1) is 13.0. The van der Waals surface area contributed by atoms with Gasteiger partial charge in [0.15, 0.2) is 0 Å². The molecule has 3 fully saturated rings. The first-order chi connectivity index (χ1) is 8.54. The van der Waals surface area contributed by atoms with Crippen LogP contribution in [0.3, 0.4) is 0 Å². The van der Waals surface area contributed by atoms with Gasteiger partial charge in [-0.1, -0.05) is 27.7 Å². The molecule has 0 aromatic carbocycles. The van der Waals surface area contributed by atoms with E-state index in [0.717, 1.165) is 47.3 Å². The summed E-state index contributed by atoms with van der Waals surface area (Å²) < 4.78 is 0. The van der Waals surface area contributed by atoms with Gasteiger partial charge in [-0.2, -0.15) is 0 Å². The van der Waals surface area contributed by atoms with Crippen LogP contribution in [0.2, 0.25) is 0 Å². The molecule has 3 aliphatic rings. The fourth-order valence-electron chi connectivity index (χ4n) is 4.52. The minimum Gasteiger partial charge on any atom is -0.0628 e. The van der Waals surface area contributed by atoms with Crippen LogP contribution in [0, 0.1) is 47.3 Å². The average Bonchev–Trinajstić information content (AvgIpc) is 3.08. The highest BCUT2D eigenvalue weighted by Crippen LogP contribution is 2.58. The summed E-state index contributed by atoms with van der Waals surface area (Å²) in [5.41, 5.74) is 0. The van der Waals surface area contributed by atoms with Crippen LogP contribution >= 0.6 is 0 Å². The first-order valence-electron chi connectivity index (χ1n) is 8.54. The molecule has 3 rings (SSSR count). The van der Waals surface area contributed by atoms with E-state index in [9.17, 15) is 0 Å². The standard InChI is InChI=1S/C18H32/c1-11(2)5-13-6-14(13)7-15-8-16(15)9-17-10-18(17)12(3)4/h11-18H,5-10H2,1-4H3. The van der Waals surface area contributed by atoms with Crippen molar-refractivity contribution in [3.8, 4) is 0 Å². The van der Waals surface area contributed by atoms with Gasteiger partial charge in [-0.05, 0) is 85.9 Å². The molecule has 6 atom stereocenters. The molecule has 0 saturated heterocycles. The van der Waals surface area contributed by atoms with Crippen LogP contribution in [0.15, 0.2) is 0 Å². The molecule has 0 heterocycles. The van der Waals surface area contributed by atoms with E-state index in [4.69, 9.17) is 0 Å². The molecule has 0 heteroatoms. The van der Waals surface area contributed by atoms with Crippen LogP contribution in [0.4, 0.5) is 0 Å². The number of rotatable bonds is 7. The zero-order chi connectivity index (χ0) is 12.9. The summed E-state index contributed by atoms with van der Waals surface area (Å²) in [6, 6.07) is 0. The lowest BCUT2D eigenvalue weighted by molar-refractivity contribution is 0.457. The Balaban J connectivity index is 1.29. The Bertz CT molecular complexity index is 290. The van der Waals surface area contributed by atoms with Crippen molar-refractivity contribution >= 4 is 0 Å². The van der Waals surface area contributed by atoms with Gasteiger partial charge >= 0.3 is 0 Å². The van der Waals surface area contributed by atoms with Crippen LogP contribution in [-0.2, 0) is 0 Å². The van der Waals surface area contributed by atoms with Gasteiger partial charge in [0.25, 0.3) is 0 Å². The van der Waals surface area contributed by atoms with Crippen LogP contribution in [0.5, 0.6) is 0 Å². The maximum absolute atomic E-state index is 2.41. The van der Waals surface area contributed by atoms with Crippen molar-refractivity contribution in [1.29, 1.82) is 0 Å². The average molecular weight is 248 g/mol. The minimum absolute atomic E-state index is 0.924. The fourth-order valence-corrected chi connectivity index (χ4v) is 4.52. The maximum atomic E-state index is 2.41. The molecule has 3 aliphatic carbocycles. The SMILES string of the molecule is CC(C)CC1CC1CC1CC1CC1CC1C(C)C. The lowest BCUT2D eigenvalue weighted by Gasteiger charge is -2.04. The van der Waals surface area contributed by atoms with E-state index >= 15 is 0 Å². The lowest BCUT2D eigenvalue weighted by atomic mass is 10.0. The Morgan fingerprint density at radius 2 is 1.28 bits per heavy atom. The highest BCUT2D eigenvalue weighted by atomic mass is 14.5. The molecular weight excluding hydrogens is 216 g/mol. The van der Waals surface area contributed by atoms with Crippen molar-refractivity contribution in [2.45, 2.75) is 66.2 Å². The Labute approximate surface area is 114 Å². The molecule has 0 nitrogen and oxygen atoms in total. The molecule has 0 N–H and O–H groups in total. The first-order valence-corrected chi connectivity index (χ1v) is 8.54. The lowest BCUT2D eigenvalue weighted by Crippen LogP contribution is -1.95. The van der Waals surface area contributed by atoms with Crippen molar-refractivity contribution in [2.75, 3.05) is 0 Å². The fraction of sp³-hybridized carbons (Fsp3) is 1.00. The van der Waals surface area contributed by atoms with Crippen molar-refractivity contribution in [1.82, 2.24) is 0 Å². The van der Waals surface area contributed by atoms with Crippen LogP contribution in [0.25, 0.3) is 0 Å². The van der Waals surface area contributed by atoms with E-state index in [1.54, 1.807) is 32.1 Å². The molecule has 6 unspecified atom stereocenters. The molecule has 0 radical (unpaired) electrons. The van der Waals surface area contributed by atoms with Gasteiger partial charge in [0.2, 0.25) is 0 Å². The van der Waals surface area contributed by atoms with Crippen molar-refractivity contribution in [3.05, 3.63) is 0 Å². The van der Waals surface area contributed by atoms with E-state index in [1.807, 2.05) is 0 Å². The second-order valence-corrected chi connectivity index (χ2v) is 8.52. The topological polar surface area (TPSA) is 0 Å². The second-order valence-electron chi connectivity index (χ2n) is 8.52. The summed E-state index contributed by atoms with van der Waals surface area (Å²) >= 11 is 0. The Morgan fingerprint density at radius 1 is 0.722 bits per heavy atom. The summed E-state index contributed by atoms with van der Waals surface area (Å²) in [7, 11) is 0. The summed E-state index contributed by atoms with van der Waals surface area (Å²) in [5.74, 6) is 8.67. The Morgan fingerprint density at radius 3 is 1.83 bits per heavy atom. The maximum Gasteiger partial charge on any atom is -0.0360 e. The van der Waals surface area contributed by atoms with Gasteiger partial charge < -0.3 is 0 Å². The number of hydrogen-bond acceptors (Lipinski definition) is 0.